The second-order valence-corrected chi connectivity index (χ2v) is 4.79. The standard InChI is InChI=1S/C14H14N4O2/c19-13-7-6-12(16-17-13)14(20)18(11-4-5-11)9-10-3-1-2-8-15-10/h1-3,6-8,11H,4-5,9H2,(H,17,19). The van der Waals surface area contributed by atoms with E-state index in [1.54, 1.807) is 11.1 Å². The maximum Gasteiger partial charge on any atom is 0.274 e. The van der Waals surface area contributed by atoms with Crippen LogP contribution < -0.4 is 5.56 Å². The summed E-state index contributed by atoms with van der Waals surface area (Å²) in [7, 11) is 0. The van der Waals surface area contributed by atoms with Crippen molar-refractivity contribution in [3.05, 3.63) is 58.3 Å². The van der Waals surface area contributed by atoms with Crippen molar-refractivity contribution in [1.29, 1.82) is 0 Å². The number of aromatic amines is 1. The van der Waals surface area contributed by atoms with Crippen LogP contribution in [0.4, 0.5) is 0 Å². The average Bonchev–Trinajstić information content (AvgIpc) is 3.30. The molecule has 6 nitrogen and oxygen atoms in total. The highest BCUT2D eigenvalue weighted by Gasteiger charge is 2.33. The molecule has 2 aromatic rings. The Morgan fingerprint density at radius 3 is 2.75 bits per heavy atom. The lowest BCUT2D eigenvalue weighted by molar-refractivity contribution is 0.0720. The number of hydrogen-bond donors (Lipinski definition) is 1. The first-order chi connectivity index (χ1) is 9.74. The van der Waals surface area contributed by atoms with Crippen molar-refractivity contribution in [3.8, 4) is 0 Å². The van der Waals surface area contributed by atoms with Crippen LogP contribution >= 0.6 is 0 Å². The van der Waals surface area contributed by atoms with Gasteiger partial charge in [-0.05, 0) is 31.0 Å². The minimum Gasteiger partial charge on any atom is -0.328 e. The van der Waals surface area contributed by atoms with Gasteiger partial charge in [0.25, 0.3) is 11.5 Å². The second kappa shape index (κ2) is 5.24. The van der Waals surface area contributed by atoms with Crippen LogP contribution in [0, 0.1) is 0 Å². The second-order valence-electron chi connectivity index (χ2n) is 4.79. The molecule has 1 saturated carbocycles. The van der Waals surface area contributed by atoms with Gasteiger partial charge in [-0.1, -0.05) is 6.07 Å². The van der Waals surface area contributed by atoms with Gasteiger partial charge in [-0.3, -0.25) is 14.6 Å². The molecular weight excluding hydrogens is 256 g/mol. The average molecular weight is 270 g/mol. The maximum atomic E-state index is 12.5. The summed E-state index contributed by atoms with van der Waals surface area (Å²) in [5.41, 5.74) is 0.786. The van der Waals surface area contributed by atoms with Crippen molar-refractivity contribution in [2.75, 3.05) is 0 Å². The van der Waals surface area contributed by atoms with Gasteiger partial charge in [0.2, 0.25) is 0 Å². The molecule has 3 rings (SSSR count). The van der Waals surface area contributed by atoms with Crippen LogP contribution in [0.25, 0.3) is 0 Å². The van der Waals surface area contributed by atoms with Gasteiger partial charge in [0.1, 0.15) is 5.69 Å². The third-order valence-electron chi connectivity index (χ3n) is 3.21. The van der Waals surface area contributed by atoms with E-state index in [9.17, 15) is 9.59 Å². The largest absolute Gasteiger partial charge is 0.328 e. The molecule has 6 heteroatoms. The summed E-state index contributed by atoms with van der Waals surface area (Å²) in [6.45, 7) is 0.463. The zero-order valence-electron chi connectivity index (χ0n) is 10.8. The van der Waals surface area contributed by atoms with Crippen LogP contribution in [0.5, 0.6) is 0 Å². The minimum absolute atomic E-state index is 0.172. The van der Waals surface area contributed by atoms with E-state index < -0.39 is 0 Å². The van der Waals surface area contributed by atoms with E-state index in [1.807, 2.05) is 18.2 Å². The number of nitrogens with zero attached hydrogens (tertiary/aromatic N) is 3. The highest BCUT2D eigenvalue weighted by molar-refractivity contribution is 5.92. The predicted octanol–water partition coefficient (Wildman–Crippen LogP) is 0.970. The maximum absolute atomic E-state index is 12.5. The smallest absolute Gasteiger partial charge is 0.274 e. The van der Waals surface area contributed by atoms with Crippen molar-refractivity contribution in [2.24, 2.45) is 0 Å². The molecule has 1 N–H and O–H groups in total. The van der Waals surface area contributed by atoms with Crippen LogP contribution in [-0.4, -0.2) is 32.0 Å². The molecule has 102 valence electrons. The Balaban J connectivity index is 1.82. The van der Waals surface area contributed by atoms with Gasteiger partial charge in [0.05, 0.1) is 12.2 Å². The number of aromatic nitrogens is 3. The lowest BCUT2D eigenvalue weighted by Crippen LogP contribution is -2.34. The highest BCUT2D eigenvalue weighted by atomic mass is 16.2. The van der Waals surface area contributed by atoms with Crippen LogP contribution in [0.3, 0.4) is 0 Å². The zero-order valence-corrected chi connectivity index (χ0v) is 10.8. The Hall–Kier alpha value is -2.50. The molecule has 0 aliphatic heterocycles. The Morgan fingerprint density at radius 1 is 1.30 bits per heavy atom. The summed E-state index contributed by atoms with van der Waals surface area (Å²) in [6.07, 6.45) is 3.72. The van der Waals surface area contributed by atoms with E-state index >= 15 is 0 Å². The van der Waals surface area contributed by atoms with E-state index in [2.05, 4.69) is 15.2 Å². The Bertz CT molecular complexity index is 644. The predicted molar refractivity (Wildman–Crippen MR) is 72.0 cm³/mol. The van der Waals surface area contributed by atoms with E-state index in [0.717, 1.165) is 18.5 Å². The first-order valence-electron chi connectivity index (χ1n) is 6.50. The van der Waals surface area contributed by atoms with Gasteiger partial charge in [0, 0.05) is 18.3 Å². The lowest BCUT2D eigenvalue weighted by Gasteiger charge is -2.21. The summed E-state index contributed by atoms with van der Waals surface area (Å²) in [5, 5.41) is 6.09. The van der Waals surface area contributed by atoms with E-state index in [-0.39, 0.29) is 23.2 Å². The van der Waals surface area contributed by atoms with E-state index in [0.29, 0.717) is 6.54 Å². The van der Waals surface area contributed by atoms with Crippen LogP contribution in [-0.2, 0) is 6.54 Å². The first kappa shape index (κ1) is 12.5. The Labute approximate surface area is 115 Å². The fourth-order valence-corrected chi connectivity index (χ4v) is 2.03. The molecule has 0 aromatic carbocycles. The number of hydrogen-bond acceptors (Lipinski definition) is 4. The van der Waals surface area contributed by atoms with Crippen molar-refractivity contribution in [1.82, 2.24) is 20.1 Å². The third-order valence-corrected chi connectivity index (χ3v) is 3.21. The van der Waals surface area contributed by atoms with Crippen LogP contribution in [0.1, 0.15) is 29.0 Å². The van der Waals surface area contributed by atoms with Crippen molar-refractivity contribution >= 4 is 5.91 Å². The molecule has 0 bridgehead atoms. The molecular formula is C14H14N4O2. The summed E-state index contributed by atoms with van der Waals surface area (Å²) in [4.78, 5) is 29.5. The Morgan fingerprint density at radius 2 is 2.15 bits per heavy atom. The lowest BCUT2D eigenvalue weighted by atomic mass is 10.2. The minimum atomic E-state index is -0.316. The normalized spacial score (nSPS) is 14.0. The van der Waals surface area contributed by atoms with Gasteiger partial charge in [-0.2, -0.15) is 5.10 Å². The van der Waals surface area contributed by atoms with Gasteiger partial charge < -0.3 is 4.90 Å². The topological polar surface area (TPSA) is 79.0 Å². The summed E-state index contributed by atoms with van der Waals surface area (Å²) in [6, 6.07) is 8.65. The third kappa shape index (κ3) is 2.74. The molecule has 0 unspecified atom stereocenters. The summed E-state index contributed by atoms with van der Waals surface area (Å²) < 4.78 is 0. The molecule has 0 spiro atoms. The Kier molecular flexibility index (Phi) is 3.28. The first-order valence-corrected chi connectivity index (χ1v) is 6.50. The molecule has 1 amide bonds. The molecule has 0 saturated heterocycles. The molecule has 20 heavy (non-hydrogen) atoms. The number of carbonyl (C=O) groups excluding carboxylic acids is 1. The fourth-order valence-electron chi connectivity index (χ4n) is 2.03. The number of H-pyrrole nitrogens is 1. The van der Waals surface area contributed by atoms with Gasteiger partial charge >= 0.3 is 0 Å². The van der Waals surface area contributed by atoms with Crippen molar-refractivity contribution < 1.29 is 4.79 Å². The van der Waals surface area contributed by atoms with Crippen LogP contribution in [0.2, 0.25) is 0 Å². The zero-order chi connectivity index (χ0) is 13.9. The number of carbonyl (C=O) groups is 1. The van der Waals surface area contributed by atoms with E-state index in [1.165, 1.54) is 12.1 Å². The van der Waals surface area contributed by atoms with Crippen molar-refractivity contribution in [2.45, 2.75) is 25.4 Å². The van der Waals surface area contributed by atoms with Crippen molar-refractivity contribution in [3.63, 3.8) is 0 Å². The molecule has 1 fully saturated rings. The molecule has 1 aliphatic carbocycles. The molecule has 1 aliphatic rings. The number of pyridine rings is 1. The number of amides is 1. The SMILES string of the molecule is O=C(c1ccc(=O)[nH]n1)N(Cc1ccccn1)C1CC1. The van der Waals surface area contributed by atoms with E-state index in [4.69, 9.17) is 0 Å². The molecule has 0 radical (unpaired) electrons. The fraction of sp³-hybridized carbons (Fsp3) is 0.286. The summed E-state index contributed by atoms with van der Waals surface area (Å²) >= 11 is 0. The molecule has 2 heterocycles. The quantitative estimate of drug-likeness (QED) is 0.897. The number of rotatable bonds is 4. The molecule has 2 aromatic heterocycles. The van der Waals surface area contributed by atoms with Gasteiger partial charge in [-0.25, -0.2) is 5.10 Å². The van der Waals surface area contributed by atoms with Gasteiger partial charge in [0.15, 0.2) is 0 Å². The monoisotopic (exact) mass is 270 g/mol. The summed E-state index contributed by atoms with van der Waals surface area (Å²) in [5.74, 6) is -0.172. The highest BCUT2D eigenvalue weighted by Crippen LogP contribution is 2.29. The van der Waals surface area contributed by atoms with Crippen LogP contribution in [0.15, 0.2) is 41.3 Å². The number of nitrogens with one attached hydrogen (secondary N) is 1. The van der Waals surface area contributed by atoms with Gasteiger partial charge in [-0.15, -0.1) is 0 Å². The molecule has 0 atom stereocenters.